The van der Waals surface area contributed by atoms with E-state index in [0.717, 1.165) is 19.3 Å². The summed E-state index contributed by atoms with van der Waals surface area (Å²) in [6.45, 7) is 0. The second-order valence-corrected chi connectivity index (χ2v) is 3.65. The van der Waals surface area contributed by atoms with E-state index in [9.17, 15) is 9.59 Å². The molecule has 0 bridgehead atoms. The maximum absolute atomic E-state index is 10.6. The molecule has 1 amide bonds. The van der Waals surface area contributed by atoms with Gasteiger partial charge in [0.25, 0.3) is 0 Å². The quantitative estimate of drug-likeness (QED) is 0.619. The van der Waals surface area contributed by atoms with Gasteiger partial charge >= 0.3 is 5.97 Å². The fourth-order valence-electron chi connectivity index (χ4n) is 1.77. The lowest BCUT2D eigenvalue weighted by molar-refractivity contribution is -0.112. The summed E-state index contributed by atoms with van der Waals surface area (Å²) in [6.07, 6.45) is 4.48. The van der Waals surface area contributed by atoms with Gasteiger partial charge in [-0.2, -0.15) is 0 Å². The number of carboxylic acid groups (broad SMARTS) is 1. The molecule has 1 heterocycles. The standard InChI is InChI=1S/C9H11N3O3/c13-5-11-9(2-1-3-9)8-10-4-6(12-8)7(14)15/h4-5H,1-3H2,(H,10,12)(H,11,13)(H,14,15). The Morgan fingerprint density at radius 3 is 2.80 bits per heavy atom. The van der Waals surface area contributed by atoms with E-state index in [0.29, 0.717) is 12.2 Å². The Balaban J connectivity index is 2.27. The molecule has 0 atom stereocenters. The summed E-state index contributed by atoms with van der Waals surface area (Å²) in [6, 6.07) is 0. The average Bonchev–Trinajstić information content (AvgIpc) is 2.60. The zero-order valence-electron chi connectivity index (χ0n) is 7.99. The third kappa shape index (κ3) is 1.47. The molecule has 1 aliphatic carbocycles. The van der Waals surface area contributed by atoms with Crippen molar-refractivity contribution < 1.29 is 14.7 Å². The van der Waals surface area contributed by atoms with Gasteiger partial charge in [-0.1, -0.05) is 0 Å². The summed E-state index contributed by atoms with van der Waals surface area (Å²) in [7, 11) is 0. The number of carbonyl (C=O) groups excluding carboxylic acids is 1. The minimum Gasteiger partial charge on any atom is -0.477 e. The van der Waals surface area contributed by atoms with Gasteiger partial charge in [0.2, 0.25) is 6.41 Å². The Kier molecular flexibility index (Phi) is 2.18. The van der Waals surface area contributed by atoms with Crippen LogP contribution >= 0.6 is 0 Å². The van der Waals surface area contributed by atoms with Crippen LogP contribution in [0.3, 0.4) is 0 Å². The lowest BCUT2D eigenvalue weighted by Crippen LogP contribution is -2.48. The number of amides is 1. The molecule has 80 valence electrons. The molecule has 0 saturated heterocycles. The number of nitrogens with zero attached hydrogens (tertiary/aromatic N) is 1. The normalized spacial score (nSPS) is 17.9. The Bertz CT molecular complexity index is 395. The fraction of sp³-hybridized carbons (Fsp3) is 0.444. The molecule has 15 heavy (non-hydrogen) atoms. The van der Waals surface area contributed by atoms with Crippen molar-refractivity contribution in [3.8, 4) is 0 Å². The van der Waals surface area contributed by atoms with Crippen LogP contribution in [0.4, 0.5) is 0 Å². The molecule has 0 radical (unpaired) electrons. The smallest absolute Gasteiger partial charge is 0.353 e. The molecule has 6 heteroatoms. The molecule has 3 N–H and O–H groups in total. The first-order chi connectivity index (χ1) is 7.18. The summed E-state index contributed by atoms with van der Waals surface area (Å²) in [5.41, 5.74) is -0.431. The molecular weight excluding hydrogens is 198 g/mol. The van der Waals surface area contributed by atoms with E-state index in [-0.39, 0.29) is 5.69 Å². The van der Waals surface area contributed by atoms with Gasteiger partial charge < -0.3 is 15.4 Å². The van der Waals surface area contributed by atoms with E-state index in [1.165, 1.54) is 6.20 Å². The SMILES string of the molecule is O=CNC1(c2ncc(C(=O)O)[nH]2)CCC1. The zero-order chi connectivity index (χ0) is 10.9. The molecule has 0 unspecified atom stereocenters. The van der Waals surface area contributed by atoms with E-state index >= 15 is 0 Å². The molecular formula is C9H11N3O3. The maximum atomic E-state index is 10.6. The van der Waals surface area contributed by atoms with Gasteiger partial charge in [0, 0.05) is 0 Å². The van der Waals surface area contributed by atoms with Crippen molar-refractivity contribution in [1.82, 2.24) is 15.3 Å². The van der Waals surface area contributed by atoms with Crippen LogP contribution in [0.2, 0.25) is 0 Å². The van der Waals surface area contributed by atoms with Crippen molar-refractivity contribution in [2.45, 2.75) is 24.8 Å². The molecule has 6 nitrogen and oxygen atoms in total. The largest absolute Gasteiger partial charge is 0.477 e. The molecule has 1 aliphatic rings. The number of rotatable bonds is 4. The van der Waals surface area contributed by atoms with Crippen molar-refractivity contribution in [3.05, 3.63) is 17.7 Å². The van der Waals surface area contributed by atoms with Gasteiger partial charge in [0.05, 0.1) is 11.7 Å². The number of aromatic amines is 1. The highest BCUT2D eigenvalue weighted by atomic mass is 16.4. The van der Waals surface area contributed by atoms with Gasteiger partial charge in [-0.3, -0.25) is 4.79 Å². The first-order valence-electron chi connectivity index (χ1n) is 4.68. The minimum atomic E-state index is -1.05. The number of aromatic nitrogens is 2. The molecule has 0 aromatic carbocycles. The van der Waals surface area contributed by atoms with Gasteiger partial charge in [0.15, 0.2) is 0 Å². The monoisotopic (exact) mass is 209 g/mol. The molecule has 1 fully saturated rings. The number of carbonyl (C=O) groups is 2. The van der Waals surface area contributed by atoms with Crippen LogP contribution in [0.1, 0.15) is 35.6 Å². The summed E-state index contributed by atoms with van der Waals surface area (Å²) in [5.74, 6) is -0.521. The summed E-state index contributed by atoms with van der Waals surface area (Å²) in [5, 5.41) is 11.4. The van der Waals surface area contributed by atoms with Crippen molar-refractivity contribution >= 4 is 12.4 Å². The van der Waals surface area contributed by atoms with Crippen LogP contribution in [0, 0.1) is 0 Å². The van der Waals surface area contributed by atoms with Crippen LogP contribution in [-0.2, 0) is 10.3 Å². The van der Waals surface area contributed by atoms with Crippen LogP contribution in [0.25, 0.3) is 0 Å². The van der Waals surface area contributed by atoms with Crippen LogP contribution in [-0.4, -0.2) is 27.5 Å². The minimum absolute atomic E-state index is 0.0453. The maximum Gasteiger partial charge on any atom is 0.353 e. The fourth-order valence-corrected chi connectivity index (χ4v) is 1.77. The Morgan fingerprint density at radius 1 is 1.67 bits per heavy atom. The summed E-state index contributed by atoms with van der Waals surface area (Å²) < 4.78 is 0. The third-order valence-electron chi connectivity index (χ3n) is 2.80. The van der Waals surface area contributed by atoms with Gasteiger partial charge in [0.1, 0.15) is 11.5 Å². The molecule has 1 aromatic heterocycles. The Morgan fingerprint density at radius 2 is 2.40 bits per heavy atom. The number of nitrogens with one attached hydrogen (secondary N) is 2. The highest BCUT2D eigenvalue weighted by molar-refractivity contribution is 5.85. The highest BCUT2D eigenvalue weighted by Crippen LogP contribution is 2.39. The first kappa shape index (κ1) is 9.70. The second-order valence-electron chi connectivity index (χ2n) is 3.65. The third-order valence-corrected chi connectivity index (χ3v) is 2.80. The average molecular weight is 209 g/mol. The predicted molar refractivity (Wildman–Crippen MR) is 50.3 cm³/mol. The predicted octanol–water partition coefficient (Wildman–Crippen LogP) is 0.233. The first-order valence-corrected chi connectivity index (χ1v) is 4.68. The van der Waals surface area contributed by atoms with Gasteiger partial charge in [-0.15, -0.1) is 0 Å². The van der Waals surface area contributed by atoms with Gasteiger partial charge in [-0.05, 0) is 19.3 Å². The van der Waals surface area contributed by atoms with Gasteiger partial charge in [-0.25, -0.2) is 9.78 Å². The number of carboxylic acids is 1. The number of aromatic carboxylic acids is 1. The van der Waals surface area contributed by atoms with E-state index in [4.69, 9.17) is 5.11 Å². The molecule has 0 aliphatic heterocycles. The van der Waals surface area contributed by atoms with Crippen LogP contribution in [0.15, 0.2) is 6.20 Å². The van der Waals surface area contributed by atoms with Crippen molar-refractivity contribution in [3.63, 3.8) is 0 Å². The highest BCUT2D eigenvalue weighted by Gasteiger charge is 2.41. The molecule has 2 rings (SSSR count). The number of hydrogen-bond acceptors (Lipinski definition) is 3. The molecule has 0 spiro atoms. The second kappa shape index (κ2) is 3.38. The zero-order valence-corrected chi connectivity index (χ0v) is 7.99. The van der Waals surface area contributed by atoms with E-state index in [1.54, 1.807) is 0 Å². The lowest BCUT2D eigenvalue weighted by atomic mass is 9.76. The number of H-pyrrole nitrogens is 1. The lowest BCUT2D eigenvalue weighted by Gasteiger charge is -2.39. The van der Waals surface area contributed by atoms with Crippen molar-refractivity contribution in [2.75, 3.05) is 0 Å². The number of imidazole rings is 1. The van der Waals surface area contributed by atoms with E-state index < -0.39 is 11.5 Å². The van der Waals surface area contributed by atoms with Crippen molar-refractivity contribution in [1.29, 1.82) is 0 Å². The van der Waals surface area contributed by atoms with Crippen LogP contribution < -0.4 is 5.32 Å². The Labute approximate surface area is 85.7 Å². The van der Waals surface area contributed by atoms with E-state index in [2.05, 4.69) is 15.3 Å². The topological polar surface area (TPSA) is 95.1 Å². The van der Waals surface area contributed by atoms with E-state index in [1.807, 2.05) is 0 Å². The van der Waals surface area contributed by atoms with Crippen molar-refractivity contribution in [2.24, 2.45) is 0 Å². The summed E-state index contributed by atoms with van der Waals surface area (Å²) in [4.78, 5) is 27.8. The Hall–Kier alpha value is -1.85. The number of hydrogen-bond donors (Lipinski definition) is 3. The summed E-state index contributed by atoms with van der Waals surface area (Å²) >= 11 is 0. The van der Waals surface area contributed by atoms with Crippen LogP contribution in [0.5, 0.6) is 0 Å². The molecule has 1 aromatic rings. The molecule has 1 saturated carbocycles.